The standard InChI is InChI=1S/C14H22N2O.H2/c1-15-11-12-7-6-8-13(17-2)14(12)16-9-4-3-5-10-16;/h6-8,15H,3-5,9-11H2,1-2H3;1H. The van der Waals surface area contributed by atoms with Crippen molar-refractivity contribution in [1.82, 2.24) is 5.32 Å². The summed E-state index contributed by atoms with van der Waals surface area (Å²) in [6.45, 7) is 3.19. The molecule has 1 heterocycles. The maximum Gasteiger partial charge on any atom is 0.142 e. The van der Waals surface area contributed by atoms with Crippen molar-refractivity contribution < 1.29 is 6.16 Å². The topological polar surface area (TPSA) is 24.5 Å². The smallest absolute Gasteiger partial charge is 0.142 e. The van der Waals surface area contributed by atoms with Crippen LogP contribution in [0.2, 0.25) is 0 Å². The number of nitrogens with one attached hydrogen (secondary N) is 1. The first kappa shape index (κ1) is 12.2. The van der Waals surface area contributed by atoms with Crippen molar-refractivity contribution in [2.24, 2.45) is 0 Å². The first-order chi connectivity index (χ1) is 8.36. The number of hydrogen-bond acceptors (Lipinski definition) is 3. The van der Waals surface area contributed by atoms with Crippen molar-refractivity contribution in [3.05, 3.63) is 23.8 Å². The zero-order valence-corrected chi connectivity index (χ0v) is 10.8. The molecule has 3 heteroatoms. The van der Waals surface area contributed by atoms with Crippen LogP contribution in [0.5, 0.6) is 5.75 Å². The van der Waals surface area contributed by atoms with Gasteiger partial charge in [-0.3, -0.25) is 0 Å². The fraction of sp³-hybridized carbons (Fsp3) is 0.571. The molecule has 1 aromatic carbocycles. The third-order valence-corrected chi connectivity index (χ3v) is 3.34. The van der Waals surface area contributed by atoms with Gasteiger partial charge in [0.15, 0.2) is 0 Å². The van der Waals surface area contributed by atoms with E-state index in [1.165, 1.54) is 30.5 Å². The number of anilines is 1. The van der Waals surface area contributed by atoms with Crippen LogP contribution in [0.15, 0.2) is 18.2 Å². The van der Waals surface area contributed by atoms with E-state index in [4.69, 9.17) is 4.74 Å². The molecule has 3 nitrogen and oxygen atoms in total. The Morgan fingerprint density at radius 3 is 2.71 bits per heavy atom. The van der Waals surface area contributed by atoms with E-state index in [0.717, 1.165) is 25.4 Å². The number of methoxy groups -OCH3 is 1. The summed E-state index contributed by atoms with van der Waals surface area (Å²) in [6.07, 6.45) is 3.93. The van der Waals surface area contributed by atoms with Crippen LogP contribution < -0.4 is 15.0 Å². The fourth-order valence-corrected chi connectivity index (χ4v) is 2.54. The van der Waals surface area contributed by atoms with Crippen molar-refractivity contribution in [2.75, 3.05) is 32.1 Å². The summed E-state index contributed by atoms with van der Waals surface area (Å²) in [6, 6.07) is 6.31. The highest BCUT2D eigenvalue weighted by Crippen LogP contribution is 2.33. The van der Waals surface area contributed by atoms with E-state index in [1.54, 1.807) is 7.11 Å². The van der Waals surface area contributed by atoms with Gasteiger partial charge in [-0.05, 0) is 37.9 Å². The molecule has 1 saturated heterocycles. The molecular formula is C14H24N2O. The lowest BCUT2D eigenvalue weighted by Crippen LogP contribution is -2.31. The van der Waals surface area contributed by atoms with Gasteiger partial charge in [0, 0.05) is 21.1 Å². The molecule has 0 amide bonds. The van der Waals surface area contributed by atoms with E-state index in [1.807, 2.05) is 7.05 Å². The van der Waals surface area contributed by atoms with E-state index in [0.29, 0.717) is 0 Å². The zero-order valence-electron chi connectivity index (χ0n) is 10.8. The van der Waals surface area contributed by atoms with Gasteiger partial charge < -0.3 is 15.0 Å². The average Bonchev–Trinajstić information content (AvgIpc) is 2.40. The number of benzene rings is 1. The van der Waals surface area contributed by atoms with Crippen LogP contribution in [0.25, 0.3) is 0 Å². The summed E-state index contributed by atoms with van der Waals surface area (Å²) >= 11 is 0. The minimum Gasteiger partial charge on any atom is -0.495 e. The Labute approximate surface area is 105 Å². The number of hydrogen-bond donors (Lipinski definition) is 1. The summed E-state index contributed by atoms with van der Waals surface area (Å²) in [5.41, 5.74) is 2.61. The highest BCUT2D eigenvalue weighted by molar-refractivity contribution is 5.64. The molecule has 1 fully saturated rings. The van der Waals surface area contributed by atoms with Crippen LogP contribution in [-0.4, -0.2) is 27.2 Å². The van der Waals surface area contributed by atoms with Gasteiger partial charge in [-0.1, -0.05) is 12.1 Å². The monoisotopic (exact) mass is 236 g/mol. The van der Waals surface area contributed by atoms with Crippen LogP contribution in [0.1, 0.15) is 26.3 Å². The number of piperidine rings is 1. The Bertz CT molecular complexity index is 365. The molecule has 0 spiro atoms. The lowest BCUT2D eigenvalue weighted by Gasteiger charge is -2.31. The highest BCUT2D eigenvalue weighted by Gasteiger charge is 2.18. The van der Waals surface area contributed by atoms with Crippen molar-refractivity contribution >= 4 is 5.69 Å². The molecule has 0 radical (unpaired) electrons. The summed E-state index contributed by atoms with van der Waals surface area (Å²) in [7, 11) is 3.74. The summed E-state index contributed by atoms with van der Waals surface area (Å²) < 4.78 is 5.52. The summed E-state index contributed by atoms with van der Waals surface area (Å²) in [5.74, 6) is 1.000. The van der Waals surface area contributed by atoms with Crippen molar-refractivity contribution in [1.29, 1.82) is 0 Å². The lowest BCUT2D eigenvalue weighted by atomic mass is 10.1. The zero-order chi connectivity index (χ0) is 12.1. The minimum absolute atomic E-state index is 0. The number of ether oxygens (including phenoxy) is 1. The molecule has 0 atom stereocenters. The van der Waals surface area contributed by atoms with Gasteiger partial charge in [0.25, 0.3) is 0 Å². The van der Waals surface area contributed by atoms with Crippen LogP contribution in [0.4, 0.5) is 5.69 Å². The van der Waals surface area contributed by atoms with Gasteiger partial charge in [-0.15, -0.1) is 0 Å². The average molecular weight is 236 g/mol. The van der Waals surface area contributed by atoms with Crippen molar-refractivity contribution in [3.8, 4) is 5.75 Å². The Balaban J connectivity index is 0.00000162. The van der Waals surface area contributed by atoms with E-state index >= 15 is 0 Å². The molecule has 2 rings (SSSR count). The quantitative estimate of drug-likeness (QED) is 0.870. The predicted molar refractivity (Wildman–Crippen MR) is 73.9 cm³/mol. The summed E-state index contributed by atoms with van der Waals surface area (Å²) in [4.78, 5) is 2.47. The Kier molecular flexibility index (Phi) is 4.26. The second kappa shape index (κ2) is 5.92. The largest absolute Gasteiger partial charge is 0.495 e. The van der Waals surface area contributed by atoms with E-state index in [2.05, 4.69) is 28.4 Å². The normalized spacial score (nSPS) is 16.0. The maximum absolute atomic E-state index is 5.52. The molecule has 1 N–H and O–H groups in total. The van der Waals surface area contributed by atoms with Crippen molar-refractivity contribution in [2.45, 2.75) is 25.8 Å². The second-order valence-corrected chi connectivity index (χ2v) is 4.55. The van der Waals surface area contributed by atoms with Gasteiger partial charge >= 0.3 is 0 Å². The number of para-hydroxylation sites is 1. The molecular weight excluding hydrogens is 212 g/mol. The molecule has 1 aromatic rings. The Morgan fingerprint density at radius 1 is 1.29 bits per heavy atom. The molecule has 0 unspecified atom stereocenters. The third-order valence-electron chi connectivity index (χ3n) is 3.34. The van der Waals surface area contributed by atoms with Crippen LogP contribution in [0.3, 0.4) is 0 Å². The number of nitrogens with zero attached hydrogens (tertiary/aromatic N) is 1. The first-order valence-corrected chi connectivity index (χ1v) is 6.42. The van der Waals surface area contributed by atoms with Gasteiger partial charge in [0.05, 0.1) is 12.8 Å². The molecule has 0 bridgehead atoms. The van der Waals surface area contributed by atoms with Crippen molar-refractivity contribution in [3.63, 3.8) is 0 Å². The van der Waals surface area contributed by atoms with Gasteiger partial charge in [0.2, 0.25) is 0 Å². The van der Waals surface area contributed by atoms with E-state index < -0.39 is 0 Å². The fourth-order valence-electron chi connectivity index (χ4n) is 2.54. The molecule has 96 valence electrons. The van der Waals surface area contributed by atoms with E-state index in [9.17, 15) is 0 Å². The molecule has 1 aliphatic heterocycles. The van der Waals surface area contributed by atoms with Crippen LogP contribution in [-0.2, 0) is 6.54 Å². The summed E-state index contributed by atoms with van der Waals surface area (Å²) in [5, 5.41) is 3.23. The van der Waals surface area contributed by atoms with Gasteiger partial charge in [0.1, 0.15) is 5.75 Å². The van der Waals surface area contributed by atoms with Gasteiger partial charge in [-0.2, -0.15) is 0 Å². The van der Waals surface area contributed by atoms with Crippen LogP contribution in [0, 0.1) is 0 Å². The second-order valence-electron chi connectivity index (χ2n) is 4.55. The maximum atomic E-state index is 5.52. The molecule has 1 aliphatic rings. The molecule has 0 saturated carbocycles. The highest BCUT2D eigenvalue weighted by atomic mass is 16.5. The number of rotatable bonds is 4. The minimum atomic E-state index is 0. The lowest BCUT2D eigenvalue weighted by molar-refractivity contribution is 0.412. The first-order valence-electron chi connectivity index (χ1n) is 6.42. The Hall–Kier alpha value is -1.22. The Morgan fingerprint density at radius 2 is 2.06 bits per heavy atom. The molecule has 17 heavy (non-hydrogen) atoms. The molecule has 0 aromatic heterocycles. The van der Waals surface area contributed by atoms with E-state index in [-0.39, 0.29) is 1.43 Å². The van der Waals surface area contributed by atoms with Crippen LogP contribution >= 0.6 is 0 Å². The predicted octanol–water partition coefficient (Wildman–Crippen LogP) is 2.65. The third kappa shape index (κ3) is 2.72. The molecule has 0 aliphatic carbocycles. The SMILES string of the molecule is CNCc1cccc(OC)c1N1CCCCC1.[HH]. The van der Waals surface area contributed by atoms with Gasteiger partial charge in [-0.25, -0.2) is 0 Å².